The molecule has 6 aliphatic carbocycles. The van der Waals surface area contributed by atoms with Gasteiger partial charge in [-0.1, -0.05) is 270 Å². The summed E-state index contributed by atoms with van der Waals surface area (Å²) < 4.78 is 0. The van der Waals surface area contributed by atoms with E-state index in [1.807, 2.05) is 0 Å². The van der Waals surface area contributed by atoms with E-state index in [0.717, 1.165) is 58.0 Å². The average molecular weight is 1560 g/mol. The Bertz CT molecular complexity index is 6270. The SMILES string of the molecule is CC1=Cc2c(-c3ccccc3)cccc2C1CC1C(C)=Cc2c1cccc2N1CCc2ccccc21.CC1=Cc2c(cccc2N2CCCc3ccccc32)C1CC1C(C)=Cc2c1cccc2N1c2ccccc2CCC1C.CC1=Cc2c(cccc2N2c3ccccc3CCC2C)C1CC1C(C)=Cc2c1cccc2N1c2ccccc2CC1C. The smallest absolute Gasteiger partial charge is 0.0490 e. The Balaban J connectivity index is 0.000000112. The van der Waals surface area contributed by atoms with Gasteiger partial charge in [-0.15, -0.1) is 0 Å². The van der Waals surface area contributed by atoms with E-state index in [4.69, 9.17) is 0 Å². The van der Waals surface area contributed by atoms with Crippen LogP contribution in [0.15, 0.2) is 294 Å². The van der Waals surface area contributed by atoms with Gasteiger partial charge < -0.3 is 24.5 Å². The molecule has 5 nitrogen and oxygen atoms in total. The Kier molecular flexibility index (Phi) is 19.5. The van der Waals surface area contributed by atoms with Crippen LogP contribution >= 0.6 is 0 Å². The summed E-state index contributed by atoms with van der Waals surface area (Å²) in [4.78, 5) is 12.9. The van der Waals surface area contributed by atoms with Crippen molar-refractivity contribution in [1.29, 1.82) is 0 Å². The lowest BCUT2D eigenvalue weighted by atomic mass is 9.81. The number of hydrogen-bond acceptors (Lipinski definition) is 5. The van der Waals surface area contributed by atoms with Gasteiger partial charge in [-0.3, -0.25) is 0 Å². The van der Waals surface area contributed by atoms with Crippen molar-refractivity contribution >= 4 is 93.3 Å². The van der Waals surface area contributed by atoms with Crippen molar-refractivity contribution in [2.24, 2.45) is 0 Å². The van der Waals surface area contributed by atoms with Crippen LogP contribution in [0.1, 0.15) is 231 Å². The topological polar surface area (TPSA) is 16.2 Å². The normalized spacial score (nSPS) is 21.9. The lowest BCUT2D eigenvalue weighted by Gasteiger charge is -2.38. The van der Waals surface area contributed by atoms with E-state index in [1.165, 1.54) is 222 Å². The van der Waals surface area contributed by atoms with Gasteiger partial charge in [0.1, 0.15) is 0 Å². The Labute approximate surface area is 712 Å². The first-order chi connectivity index (χ1) is 58.8. The minimum Gasteiger partial charge on any atom is -0.341 e. The molecule has 0 bridgehead atoms. The third-order valence-electron chi connectivity index (χ3n) is 29.6. The molecule has 5 heterocycles. The molecule has 5 heteroatoms. The predicted octanol–water partition coefficient (Wildman–Crippen LogP) is 29.8. The molecule has 0 radical (unpaired) electrons. The van der Waals surface area contributed by atoms with Crippen LogP contribution in [0.3, 0.4) is 0 Å². The number of fused-ring (bicyclic) bond motifs is 11. The van der Waals surface area contributed by atoms with Crippen LogP contribution in [0.4, 0.5) is 56.9 Å². The monoisotopic (exact) mass is 1560 g/mol. The zero-order chi connectivity index (χ0) is 81.1. The summed E-state index contributed by atoms with van der Waals surface area (Å²) in [6.45, 7) is 23.4. The zero-order valence-corrected chi connectivity index (χ0v) is 71.4. The number of para-hydroxylation sites is 5. The second-order valence-corrected chi connectivity index (χ2v) is 36.7. The van der Waals surface area contributed by atoms with Crippen molar-refractivity contribution in [1.82, 2.24) is 0 Å². The summed E-state index contributed by atoms with van der Waals surface area (Å²) in [5.41, 5.74) is 50.2. The van der Waals surface area contributed by atoms with Crippen molar-refractivity contribution in [3.05, 3.63) is 389 Å². The zero-order valence-electron chi connectivity index (χ0n) is 71.4. The minimum atomic E-state index is 0.435. The van der Waals surface area contributed by atoms with Crippen molar-refractivity contribution in [2.45, 2.75) is 187 Å². The summed E-state index contributed by atoms with van der Waals surface area (Å²) >= 11 is 0. The Morgan fingerprint density at radius 3 is 0.950 bits per heavy atom. The molecule has 0 amide bonds. The van der Waals surface area contributed by atoms with E-state index >= 15 is 0 Å². The molecule has 11 aliphatic rings. The fraction of sp³-hybridized carbons (Fsp3) is 0.270. The van der Waals surface area contributed by atoms with Crippen LogP contribution in [-0.2, 0) is 32.1 Å². The van der Waals surface area contributed by atoms with E-state index < -0.39 is 0 Å². The van der Waals surface area contributed by atoms with Crippen molar-refractivity contribution in [3.8, 4) is 11.1 Å². The maximum absolute atomic E-state index is 2.61. The number of hydrogen-bond donors (Lipinski definition) is 0. The molecule has 0 saturated carbocycles. The first-order valence-corrected chi connectivity index (χ1v) is 45.0. The second-order valence-electron chi connectivity index (χ2n) is 36.7. The van der Waals surface area contributed by atoms with E-state index in [2.05, 4.69) is 384 Å². The molecular formula is C115H111N5. The molecule has 0 fully saturated rings. The number of nitrogens with zero attached hydrogens (tertiary/aromatic N) is 5. The quantitative estimate of drug-likeness (QED) is 0.121. The number of aryl methyl sites for hydroxylation is 3. The van der Waals surface area contributed by atoms with Crippen LogP contribution in [0.25, 0.3) is 47.6 Å². The van der Waals surface area contributed by atoms with E-state index in [9.17, 15) is 0 Å². The van der Waals surface area contributed by atoms with Gasteiger partial charge in [-0.2, -0.15) is 0 Å². The second kappa shape index (κ2) is 31.0. The molecular weight excluding hydrogens is 1450 g/mol. The van der Waals surface area contributed by atoms with Crippen LogP contribution in [0.5, 0.6) is 0 Å². The fourth-order valence-electron chi connectivity index (χ4n) is 23.6. The molecule has 0 saturated heterocycles. The molecule has 0 spiro atoms. The Hall–Kier alpha value is -11.9. The van der Waals surface area contributed by atoms with E-state index in [1.54, 1.807) is 0 Å². The van der Waals surface area contributed by atoms with Gasteiger partial charge in [-0.25, -0.2) is 0 Å². The number of benzene rings is 12. The van der Waals surface area contributed by atoms with Crippen LogP contribution in [-0.4, -0.2) is 31.2 Å². The summed E-state index contributed by atoms with van der Waals surface area (Å²) in [5.74, 6) is 2.67. The van der Waals surface area contributed by atoms with Gasteiger partial charge >= 0.3 is 0 Å². The fourth-order valence-corrected chi connectivity index (χ4v) is 23.6. The first-order valence-electron chi connectivity index (χ1n) is 45.0. The van der Waals surface area contributed by atoms with Gasteiger partial charge in [0, 0.05) is 151 Å². The van der Waals surface area contributed by atoms with Crippen molar-refractivity contribution < 1.29 is 0 Å². The Morgan fingerprint density at radius 1 is 0.242 bits per heavy atom. The van der Waals surface area contributed by atoms with Gasteiger partial charge in [0.2, 0.25) is 0 Å². The molecule has 5 aliphatic heterocycles. The number of rotatable bonds is 12. The lowest BCUT2D eigenvalue weighted by Crippen LogP contribution is -2.33. The molecule has 120 heavy (non-hydrogen) atoms. The molecule has 12 aromatic carbocycles. The molecule has 23 rings (SSSR count). The summed E-state index contributed by atoms with van der Waals surface area (Å²) in [5, 5.41) is 0. The molecule has 9 atom stereocenters. The van der Waals surface area contributed by atoms with E-state index in [0.29, 0.717) is 53.6 Å². The first kappa shape index (κ1) is 75.5. The van der Waals surface area contributed by atoms with Crippen molar-refractivity contribution in [2.75, 3.05) is 37.6 Å². The van der Waals surface area contributed by atoms with Gasteiger partial charge in [0.15, 0.2) is 0 Å². The number of allylic oxidation sites excluding steroid dienone is 6. The van der Waals surface area contributed by atoms with Gasteiger partial charge in [-0.05, 0) is 271 Å². The number of anilines is 10. The Morgan fingerprint density at radius 2 is 0.533 bits per heavy atom. The maximum atomic E-state index is 2.61. The average Bonchev–Trinajstić information content (AvgIpc) is 1.57. The molecule has 9 unspecified atom stereocenters. The highest BCUT2D eigenvalue weighted by Gasteiger charge is 2.41. The molecule has 596 valence electrons. The van der Waals surface area contributed by atoms with Crippen molar-refractivity contribution in [3.63, 3.8) is 0 Å². The predicted molar refractivity (Wildman–Crippen MR) is 510 cm³/mol. The lowest BCUT2D eigenvalue weighted by molar-refractivity contribution is 0.616. The highest BCUT2D eigenvalue weighted by Crippen LogP contribution is 2.58. The van der Waals surface area contributed by atoms with E-state index in [-0.39, 0.29) is 0 Å². The molecule has 12 aromatic rings. The minimum absolute atomic E-state index is 0.435. The maximum Gasteiger partial charge on any atom is 0.0490 e. The third-order valence-corrected chi connectivity index (χ3v) is 29.6. The molecule has 0 N–H and O–H groups in total. The highest BCUT2D eigenvalue weighted by atomic mass is 15.2. The summed E-state index contributed by atoms with van der Waals surface area (Å²) in [6, 6.07) is 99.1. The highest BCUT2D eigenvalue weighted by molar-refractivity contribution is 5.90. The standard InChI is InChI=1S/2C40H40N2.C35H31N/c1-25-21-35-31(13-9-17-39(35)41-27(3)19-20-29-11-5-7-15-37(29)41)33(25)24-34-26(2)22-36-32(34)14-10-18-40(36)42-28(4)23-30-12-6-8-16-38(30)42;1-26-23-35-31(14-8-18-39(35)41-22-10-13-29-11-4-6-16-37(29)41)33(26)25-34-27(2)24-36-32(34)15-9-19-40(36)42-28(3)20-21-30-12-5-7-17-38(30)42;1-23-20-32-27(25-10-4-3-5-11-25)13-8-14-28(32)30(23)22-31-24(2)21-33-29(31)15-9-17-35(33)36-19-18-26-12-6-7-16-34(26)36/h5-18,21-22,27-28,33-34H,19-20,23-24H2,1-4H3;4-9,11-12,14-19,23-24,28,33-34H,10,13,20-22,25H2,1-3H3;3-17,20-21,30-31H,18-19,22H2,1-2H3. The van der Waals surface area contributed by atoms with Crippen LogP contribution in [0.2, 0.25) is 0 Å². The summed E-state index contributed by atoms with van der Waals surface area (Å²) in [7, 11) is 0. The van der Waals surface area contributed by atoms with Crippen LogP contribution < -0.4 is 24.5 Å². The van der Waals surface area contributed by atoms with Crippen LogP contribution in [0, 0.1) is 0 Å². The summed E-state index contributed by atoms with van der Waals surface area (Å²) in [6.07, 6.45) is 27.6. The molecule has 0 aromatic heterocycles. The third kappa shape index (κ3) is 13.0. The largest absolute Gasteiger partial charge is 0.341 e. The van der Waals surface area contributed by atoms with Gasteiger partial charge in [0.05, 0.1) is 0 Å². The van der Waals surface area contributed by atoms with Gasteiger partial charge in [0.25, 0.3) is 0 Å².